The fraction of sp³-hybridized carbons (Fsp3) is 0.833. The molecule has 0 aliphatic carbocycles. The van der Waals surface area contributed by atoms with E-state index in [0.29, 0.717) is 6.42 Å². The van der Waals surface area contributed by atoms with Crippen molar-refractivity contribution in [2.24, 2.45) is 5.73 Å². The summed E-state index contributed by atoms with van der Waals surface area (Å²) in [6, 6.07) is -1.96. The zero-order valence-electron chi connectivity index (χ0n) is 16.2. The minimum Gasteiger partial charge on any atom is -0.480 e. The fourth-order valence-electron chi connectivity index (χ4n) is 2.35. The van der Waals surface area contributed by atoms with E-state index in [4.69, 9.17) is 10.8 Å². The third-order valence-electron chi connectivity index (χ3n) is 4.02. The third kappa shape index (κ3) is 15.8. The normalized spacial score (nSPS) is 13.1. The monoisotopic (exact) mass is 422 g/mol. The molecule has 1 amide bonds. The first-order valence-corrected chi connectivity index (χ1v) is 12.1. The van der Waals surface area contributed by atoms with Gasteiger partial charge in [0, 0.05) is 17.9 Å². The number of nitrogens with one attached hydrogen (secondary N) is 1. The highest BCUT2D eigenvalue weighted by molar-refractivity contribution is 8.76. The van der Waals surface area contributed by atoms with Crippen LogP contribution in [-0.4, -0.2) is 51.6 Å². The van der Waals surface area contributed by atoms with Gasteiger partial charge in [0.05, 0.1) is 0 Å². The summed E-state index contributed by atoms with van der Waals surface area (Å²) in [5.74, 6) is -2.09. The Hall–Kier alpha value is -0.930. The molecule has 0 aromatic heterocycles. The zero-order chi connectivity index (χ0) is 20.5. The quantitative estimate of drug-likeness (QED) is 0.196. The van der Waals surface area contributed by atoms with Crippen LogP contribution in [0.2, 0.25) is 0 Å². The number of aliphatic carboxylic acids is 2. The Balaban J connectivity index is 3.80. The van der Waals surface area contributed by atoms with Crippen molar-refractivity contribution >= 4 is 39.4 Å². The van der Waals surface area contributed by atoms with Crippen LogP contribution in [0, 0.1) is 0 Å². The van der Waals surface area contributed by atoms with Gasteiger partial charge in [0.25, 0.3) is 0 Å². The predicted octanol–water partition coefficient (Wildman–Crippen LogP) is 3.27. The number of carboxylic acid groups (broad SMARTS) is 2. The number of unbranched alkanes of at least 4 members (excludes halogenated alkanes) is 8. The smallest absolute Gasteiger partial charge is 0.327 e. The molecule has 0 heterocycles. The van der Waals surface area contributed by atoms with Crippen LogP contribution < -0.4 is 11.1 Å². The maximum atomic E-state index is 11.9. The van der Waals surface area contributed by atoms with Crippen LogP contribution in [0.25, 0.3) is 0 Å². The highest BCUT2D eigenvalue weighted by atomic mass is 33.1. The molecule has 5 N–H and O–H groups in total. The molecule has 0 aromatic rings. The summed E-state index contributed by atoms with van der Waals surface area (Å²) >= 11 is 0. The van der Waals surface area contributed by atoms with Crippen LogP contribution in [-0.2, 0) is 14.4 Å². The molecular formula is C18H34N2O5S2. The van der Waals surface area contributed by atoms with Gasteiger partial charge >= 0.3 is 11.9 Å². The molecule has 0 radical (unpaired) electrons. The SMILES string of the molecule is CCCCCCCCCCCC(=O)N[C@@H](CSSCC(N)C(=O)O)C(=O)O. The number of rotatable bonds is 18. The summed E-state index contributed by atoms with van der Waals surface area (Å²) in [6.45, 7) is 2.20. The van der Waals surface area contributed by atoms with Crippen LogP contribution in [0.5, 0.6) is 0 Å². The maximum Gasteiger partial charge on any atom is 0.327 e. The highest BCUT2D eigenvalue weighted by Gasteiger charge is 2.20. The van der Waals surface area contributed by atoms with E-state index >= 15 is 0 Å². The summed E-state index contributed by atoms with van der Waals surface area (Å²) in [5, 5.41) is 20.4. The van der Waals surface area contributed by atoms with Gasteiger partial charge in [0.1, 0.15) is 12.1 Å². The predicted molar refractivity (Wildman–Crippen MR) is 112 cm³/mol. The molecule has 158 valence electrons. The van der Waals surface area contributed by atoms with Gasteiger partial charge in [-0.2, -0.15) is 0 Å². The molecule has 0 spiro atoms. The van der Waals surface area contributed by atoms with Gasteiger partial charge < -0.3 is 21.3 Å². The second-order valence-electron chi connectivity index (χ2n) is 6.55. The second-order valence-corrected chi connectivity index (χ2v) is 9.10. The molecular weight excluding hydrogens is 388 g/mol. The van der Waals surface area contributed by atoms with E-state index < -0.39 is 24.0 Å². The van der Waals surface area contributed by atoms with E-state index in [0.717, 1.165) is 19.3 Å². The van der Waals surface area contributed by atoms with Gasteiger partial charge in [-0.25, -0.2) is 4.79 Å². The minimum absolute atomic E-state index is 0.163. The van der Waals surface area contributed by atoms with Crippen molar-refractivity contribution < 1.29 is 24.6 Å². The average molecular weight is 423 g/mol. The molecule has 7 nitrogen and oxygen atoms in total. The number of amides is 1. The van der Waals surface area contributed by atoms with Crippen molar-refractivity contribution in [1.29, 1.82) is 0 Å². The van der Waals surface area contributed by atoms with E-state index in [9.17, 15) is 19.5 Å². The van der Waals surface area contributed by atoms with Gasteiger partial charge in [0.2, 0.25) is 5.91 Å². The Kier molecular flexibility index (Phi) is 16.6. The van der Waals surface area contributed by atoms with E-state index in [1.807, 2.05) is 0 Å². The fourth-order valence-corrected chi connectivity index (χ4v) is 4.62. The summed E-state index contributed by atoms with van der Waals surface area (Å²) < 4.78 is 0. The molecule has 9 heteroatoms. The summed E-state index contributed by atoms with van der Waals surface area (Å²) in [6.07, 6.45) is 10.8. The van der Waals surface area contributed by atoms with Gasteiger partial charge in [-0.15, -0.1) is 0 Å². The van der Waals surface area contributed by atoms with Gasteiger partial charge in [-0.3, -0.25) is 9.59 Å². The summed E-state index contributed by atoms with van der Waals surface area (Å²) in [7, 11) is 2.39. The number of carbonyl (C=O) groups is 3. The first kappa shape index (κ1) is 26.1. The maximum absolute atomic E-state index is 11.9. The minimum atomic E-state index is -1.09. The van der Waals surface area contributed by atoms with Crippen LogP contribution in [0.3, 0.4) is 0 Å². The Labute approximate surface area is 170 Å². The molecule has 0 rings (SSSR count). The Bertz CT molecular complexity index is 438. The summed E-state index contributed by atoms with van der Waals surface area (Å²) in [4.78, 5) is 33.8. The molecule has 0 fully saturated rings. The second kappa shape index (κ2) is 17.2. The average Bonchev–Trinajstić information content (AvgIpc) is 2.62. The third-order valence-corrected chi connectivity index (χ3v) is 6.47. The topological polar surface area (TPSA) is 130 Å². The first-order valence-electron chi connectivity index (χ1n) is 9.63. The van der Waals surface area contributed by atoms with Crippen molar-refractivity contribution in [3.63, 3.8) is 0 Å². The van der Waals surface area contributed by atoms with Gasteiger partial charge in [-0.1, -0.05) is 79.9 Å². The lowest BCUT2D eigenvalue weighted by atomic mass is 10.1. The van der Waals surface area contributed by atoms with Crippen molar-refractivity contribution in [2.75, 3.05) is 11.5 Å². The first-order chi connectivity index (χ1) is 12.9. The van der Waals surface area contributed by atoms with E-state index in [-0.39, 0.29) is 17.4 Å². The zero-order valence-corrected chi connectivity index (χ0v) is 17.8. The van der Waals surface area contributed by atoms with Crippen LogP contribution in [0.15, 0.2) is 0 Å². The van der Waals surface area contributed by atoms with E-state index in [2.05, 4.69) is 12.2 Å². The van der Waals surface area contributed by atoms with Crippen molar-refractivity contribution in [2.45, 2.75) is 83.2 Å². The number of nitrogens with two attached hydrogens (primary N) is 1. The lowest BCUT2D eigenvalue weighted by molar-refractivity contribution is -0.141. The Morgan fingerprint density at radius 1 is 0.852 bits per heavy atom. The highest BCUT2D eigenvalue weighted by Crippen LogP contribution is 2.22. The molecule has 0 saturated heterocycles. The lowest BCUT2D eigenvalue weighted by Crippen LogP contribution is -2.42. The van der Waals surface area contributed by atoms with E-state index in [1.54, 1.807) is 0 Å². The van der Waals surface area contributed by atoms with Crippen molar-refractivity contribution in [3.05, 3.63) is 0 Å². The molecule has 0 aromatic carbocycles. The lowest BCUT2D eigenvalue weighted by Gasteiger charge is -2.14. The van der Waals surface area contributed by atoms with Crippen LogP contribution >= 0.6 is 21.6 Å². The molecule has 0 aliphatic heterocycles. The van der Waals surface area contributed by atoms with Gasteiger partial charge in [0.15, 0.2) is 0 Å². The largest absolute Gasteiger partial charge is 0.480 e. The van der Waals surface area contributed by atoms with Crippen LogP contribution in [0.4, 0.5) is 0 Å². The van der Waals surface area contributed by atoms with Crippen LogP contribution in [0.1, 0.15) is 71.1 Å². The molecule has 27 heavy (non-hydrogen) atoms. The van der Waals surface area contributed by atoms with Crippen molar-refractivity contribution in [3.8, 4) is 0 Å². The Morgan fingerprint density at radius 3 is 1.89 bits per heavy atom. The number of carbonyl (C=O) groups excluding carboxylic acids is 1. The van der Waals surface area contributed by atoms with E-state index in [1.165, 1.54) is 60.1 Å². The van der Waals surface area contributed by atoms with Crippen molar-refractivity contribution in [1.82, 2.24) is 5.32 Å². The standard InChI is InChI=1S/C18H34N2O5S2/c1-2-3-4-5-6-7-8-9-10-11-16(21)20-15(18(24)25)13-27-26-12-14(19)17(22)23/h14-15H,2-13,19H2,1H3,(H,20,21)(H,22,23)(H,24,25)/t14?,15-/m0/s1. The molecule has 0 saturated carbocycles. The molecule has 0 aliphatic rings. The number of carboxylic acids is 2. The number of hydrogen-bond donors (Lipinski definition) is 4. The summed E-state index contributed by atoms with van der Waals surface area (Å²) in [5.41, 5.74) is 5.37. The number of hydrogen-bond acceptors (Lipinski definition) is 6. The van der Waals surface area contributed by atoms with Gasteiger partial charge in [-0.05, 0) is 6.42 Å². The Morgan fingerprint density at radius 2 is 1.37 bits per heavy atom. The molecule has 2 atom stereocenters. The molecule has 0 bridgehead atoms. The molecule has 1 unspecified atom stereocenters.